The molecule has 80 valence electrons. The first-order chi connectivity index (χ1) is 7.27. The molecule has 0 fully saturated rings. The van der Waals surface area contributed by atoms with Crippen LogP contribution in [0.25, 0.3) is 0 Å². The van der Waals surface area contributed by atoms with Crippen LogP contribution in [0.3, 0.4) is 0 Å². The average molecular weight is 207 g/mol. The van der Waals surface area contributed by atoms with Crippen LogP contribution < -0.4 is 5.32 Å². The van der Waals surface area contributed by atoms with E-state index in [0.717, 1.165) is 11.6 Å². The normalized spacial score (nSPS) is 12.9. The minimum Gasteiger partial charge on any atom is -0.447 e. The molecule has 2 rings (SSSR count). The number of hydrogen-bond donors (Lipinski definition) is 1. The van der Waals surface area contributed by atoms with Gasteiger partial charge < -0.3 is 14.3 Å². The van der Waals surface area contributed by atoms with E-state index in [2.05, 4.69) is 20.5 Å². The molecule has 6 heteroatoms. The van der Waals surface area contributed by atoms with Crippen molar-refractivity contribution in [2.45, 2.75) is 19.5 Å². The molecule has 6 nitrogen and oxygen atoms in total. The number of nitrogens with zero attached hydrogens (tertiary/aromatic N) is 4. The summed E-state index contributed by atoms with van der Waals surface area (Å²) >= 11 is 0. The molecule has 0 aromatic carbocycles. The third-order valence-electron chi connectivity index (χ3n) is 2.20. The van der Waals surface area contributed by atoms with Crippen molar-refractivity contribution in [3.63, 3.8) is 0 Å². The highest BCUT2D eigenvalue weighted by Crippen LogP contribution is 2.08. The number of oxazole rings is 1. The van der Waals surface area contributed by atoms with E-state index in [4.69, 9.17) is 4.42 Å². The Balaban J connectivity index is 1.93. The molecule has 0 saturated heterocycles. The second-order valence-corrected chi connectivity index (χ2v) is 3.37. The lowest BCUT2D eigenvalue weighted by atomic mass is 10.3. The number of aryl methyl sites for hydroxylation is 1. The highest BCUT2D eigenvalue weighted by atomic mass is 16.3. The van der Waals surface area contributed by atoms with Gasteiger partial charge in [0.15, 0.2) is 6.39 Å². The summed E-state index contributed by atoms with van der Waals surface area (Å²) in [6.07, 6.45) is 4.79. The third-order valence-corrected chi connectivity index (χ3v) is 2.20. The van der Waals surface area contributed by atoms with Gasteiger partial charge in [-0.3, -0.25) is 0 Å². The molecule has 0 spiro atoms. The van der Waals surface area contributed by atoms with Crippen LogP contribution in [0.4, 0.5) is 0 Å². The Morgan fingerprint density at radius 1 is 1.60 bits per heavy atom. The van der Waals surface area contributed by atoms with Crippen molar-refractivity contribution in [1.82, 2.24) is 25.1 Å². The van der Waals surface area contributed by atoms with Gasteiger partial charge in [-0.25, -0.2) is 4.98 Å². The summed E-state index contributed by atoms with van der Waals surface area (Å²) in [5, 5.41) is 11.1. The molecule has 2 aromatic rings. The zero-order valence-electron chi connectivity index (χ0n) is 8.71. The zero-order chi connectivity index (χ0) is 10.7. The molecular formula is C9H13N5O. The van der Waals surface area contributed by atoms with Gasteiger partial charge in [-0.1, -0.05) is 0 Å². The minimum absolute atomic E-state index is 0.127. The summed E-state index contributed by atoms with van der Waals surface area (Å²) in [5.74, 6) is 1.71. The van der Waals surface area contributed by atoms with Crippen molar-refractivity contribution in [2.75, 3.05) is 0 Å². The molecule has 0 bridgehead atoms. The molecular weight excluding hydrogens is 194 g/mol. The summed E-state index contributed by atoms with van der Waals surface area (Å²) in [4.78, 5) is 3.84. The second kappa shape index (κ2) is 4.22. The Hall–Kier alpha value is -1.69. The Morgan fingerprint density at radius 2 is 2.47 bits per heavy atom. The molecule has 1 atom stereocenters. The maximum Gasteiger partial charge on any atom is 0.180 e. The summed E-state index contributed by atoms with van der Waals surface area (Å²) in [6.45, 7) is 2.66. The van der Waals surface area contributed by atoms with Crippen LogP contribution in [-0.4, -0.2) is 19.7 Å². The largest absolute Gasteiger partial charge is 0.447 e. The fourth-order valence-electron chi connectivity index (χ4n) is 1.36. The molecule has 0 saturated carbocycles. The Bertz CT molecular complexity index is 408. The van der Waals surface area contributed by atoms with Crippen LogP contribution in [0.1, 0.15) is 24.6 Å². The number of nitrogens with one attached hydrogen (secondary N) is 1. The topological polar surface area (TPSA) is 68.8 Å². The van der Waals surface area contributed by atoms with Gasteiger partial charge in [-0.2, -0.15) is 0 Å². The quantitative estimate of drug-likeness (QED) is 0.797. The molecule has 1 N–H and O–H groups in total. The van der Waals surface area contributed by atoms with Crippen LogP contribution in [0, 0.1) is 0 Å². The molecule has 0 radical (unpaired) electrons. The smallest absolute Gasteiger partial charge is 0.180 e. The van der Waals surface area contributed by atoms with Gasteiger partial charge in [0.2, 0.25) is 0 Å². The lowest BCUT2D eigenvalue weighted by molar-refractivity contribution is 0.446. The van der Waals surface area contributed by atoms with Crippen LogP contribution in [-0.2, 0) is 13.6 Å². The van der Waals surface area contributed by atoms with Crippen LogP contribution in [0.5, 0.6) is 0 Å². The molecule has 0 aliphatic carbocycles. The van der Waals surface area contributed by atoms with E-state index >= 15 is 0 Å². The van der Waals surface area contributed by atoms with Gasteiger partial charge in [-0.05, 0) is 6.92 Å². The van der Waals surface area contributed by atoms with Crippen molar-refractivity contribution >= 4 is 0 Å². The van der Waals surface area contributed by atoms with Crippen molar-refractivity contribution < 1.29 is 4.42 Å². The predicted octanol–water partition coefficient (Wildman–Crippen LogP) is 0.654. The average Bonchev–Trinajstić information content (AvgIpc) is 2.84. The van der Waals surface area contributed by atoms with E-state index < -0.39 is 0 Å². The maximum atomic E-state index is 5.12. The van der Waals surface area contributed by atoms with Gasteiger partial charge in [0, 0.05) is 7.05 Å². The Kier molecular flexibility index (Phi) is 2.77. The van der Waals surface area contributed by atoms with E-state index in [-0.39, 0.29) is 6.04 Å². The second-order valence-electron chi connectivity index (χ2n) is 3.37. The summed E-state index contributed by atoms with van der Waals surface area (Å²) < 4.78 is 7.00. The minimum atomic E-state index is 0.127. The first-order valence-electron chi connectivity index (χ1n) is 4.72. The SMILES string of the molecule is CC(NCc1cnco1)c1nncn1C. The molecule has 0 aliphatic heterocycles. The highest BCUT2D eigenvalue weighted by Gasteiger charge is 2.10. The van der Waals surface area contributed by atoms with E-state index in [1.165, 1.54) is 6.39 Å². The molecule has 2 heterocycles. The first kappa shape index (κ1) is 9.85. The van der Waals surface area contributed by atoms with Gasteiger partial charge in [-0.15, -0.1) is 10.2 Å². The fraction of sp³-hybridized carbons (Fsp3) is 0.444. The van der Waals surface area contributed by atoms with Crippen molar-refractivity contribution in [1.29, 1.82) is 0 Å². The van der Waals surface area contributed by atoms with E-state index in [9.17, 15) is 0 Å². The monoisotopic (exact) mass is 207 g/mol. The Labute approximate surface area is 87.3 Å². The fourth-order valence-corrected chi connectivity index (χ4v) is 1.36. The van der Waals surface area contributed by atoms with Gasteiger partial charge in [0.25, 0.3) is 0 Å². The molecule has 15 heavy (non-hydrogen) atoms. The third kappa shape index (κ3) is 2.21. The molecule has 1 unspecified atom stereocenters. The molecule has 0 aliphatic rings. The summed E-state index contributed by atoms with van der Waals surface area (Å²) in [5.41, 5.74) is 0. The van der Waals surface area contributed by atoms with Crippen molar-refractivity contribution in [2.24, 2.45) is 7.05 Å². The lowest BCUT2D eigenvalue weighted by Gasteiger charge is -2.11. The van der Waals surface area contributed by atoms with E-state index in [1.807, 2.05) is 18.5 Å². The van der Waals surface area contributed by atoms with Crippen LogP contribution >= 0.6 is 0 Å². The highest BCUT2D eigenvalue weighted by molar-refractivity contribution is 4.94. The van der Waals surface area contributed by atoms with Gasteiger partial charge in [0.1, 0.15) is 17.9 Å². The summed E-state index contributed by atoms with van der Waals surface area (Å²) in [6, 6.07) is 0.127. The Morgan fingerprint density at radius 3 is 3.07 bits per heavy atom. The zero-order valence-corrected chi connectivity index (χ0v) is 8.71. The lowest BCUT2D eigenvalue weighted by Crippen LogP contribution is -2.20. The number of hydrogen-bond acceptors (Lipinski definition) is 5. The van der Waals surface area contributed by atoms with Crippen LogP contribution in [0.2, 0.25) is 0 Å². The first-order valence-corrected chi connectivity index (χ1v) is 4.72. The summed E-state index contributed by atoms with van der Waals surface area (Å²) in [7, 11) is 1.92. The van der Waals surface area contributed by atoms with E-state index in [1.54, 1.807) is 12.5 Å². The standard InChI is InChI=1S/C9H13N5O/c1-7(9-13-12-5-14(9)2)11-4-8-3-10-6-15-8/h3,5-7,11H,4H2,1-2H3. The number of aromatic nitrogens is 4. The maximum absolute atomic E-state index is 5.12. The van der Waals surface area contributed by atoms with Crippen molar-refractivity contribution in [3.8, 4) is 0 Å². The van der Waals surface area contributed by atoms with E-state index in [0.29, 0.717) is 6.54 Å². The predicted molar refractivity (Wildman–Crippen MR) is 52.8 cm³/mol. The van der Waals surface area contributed by atoms with Crippen LogP contribution in [0.15, 0.2) is 23.3 Å². The van der Waals surface area contributed by atoms with Gasteiger partial charge in [0.05, 0.1) is 18.8 Å². The molecule has 0 amide bonds. The number of rotatable bonds is 4. The van der Waals surface area contributed by atoms with Gasteiger partial charge >= 0.3 is 0 Å². The van der Waals surface area contributed by atoms with Crippen molar-refractivity contribution in [3.05, 3.63) is 30.5 Å². The molecule has 2 aromatic heterocycles.